The van der Waals surface area contributed by atoms with Crippen LogP contribution in [0.15, 0.2) is 36.5 Å². The number of aromatic nitrogens is 4. The topological polar surface area (TPSA) is 88.2 Å². The van der Waals surface area contributed by atoms with E-state index in [0.717, 1.165) is 64.9 Å². The number of imidazole rings is 1. The molecule has 4 heterocycles. The number of hydrogen-bond donors (Lipinski definition) is 0. The van der Waals surface area contributed by atoms with E-state index in [9.17, 15) is 9.35 Å². The highest BCUT2D eigenvalue weighted by atomic mass is 32.2. The van der Waals surface area contributed by atoms with Crippen molar-refractivity contribution in [3.05, 3.63) is 42.1 Å². The Balaban J connectivity index is 1.27. The van der Waals surface area contributed by atoms with Crippen LogP contribution < -0.4 is 4.74 Å². The second-order valence-corrected chi connectivity index (χ2v) is 13.6. The first kappa shape index (κ1) is 23.8. The first-order chi connectivity index (χ1) is 19.0. The minimum atomic E-state index is -0.969. The molecule has 0 N–H and O–H groups in total. The molecule has 9 heteroatoms. The van der Waals surface area contributed by atoms with Gasteiger partial charge in [-0.15, -0.1) is 0 Å². The molecule has 4 fully saturated rings. The number of hydrogen-bond acceptors (Lipinski definition) is 5. The van der Waals surface area contributed by atoms with Gasteiger partial charge >= 0.3 is 0 Å². The lowest BCUT2D eigenvalue weighted by atomic mass is 9.53. The molecule has 5 atom stereocenters. The van der Waals surface area contributed by atoms with E-state index in [4.69, 9.17) is 14.7 Å². The standard InChI is InChI=1S/C30H33N5O3S/c1-38-25-14-20(30(36)35-16-21-10-19-13-23(35)26(19)21)11-22-27(25)33(8-9-39(2)37)29(32-22)24-12-18-4-3-7-31-28(18)34(24)15-17-5-6-17/h3-4,7,11-12,14,17,19,21,23,26H,5-6,8-10,13,15-16H2,1-2H3/t19?,21-,23-,26-,39?/m1/s1. The van der Waals surface area contributed by atoms with Crippen molar-refractivity contribution < 1.29 is 14.1 Å². The Bertz CT molecular complexity index is 1620. The van der Waals surface area contributed by atoms with E-state index in [1.165, 1.54) is 19.3 Å². The van der Waals surface area contributed by atoms with Gasteiger partial charge in [0.1, 0.15) is 22.7 Å². The Hall–Kier alpha value is -3.04. The summed E-state index contributed by atoms with van der Waals surface area (Å²) in [5.74, 6) is 4.94. The lowest BCUT2D eigenvalue weighted by molar-refractivity contribution is -0.0204. The van der Waals surface area contributed by atoms with Crippen molar-refractivity contribution in [2.24, 2.45) is 23.7 Å². The summed E-state index contributed by atoms with van der Waals surface area (Å²) in [6.45, 7) is 2.32. The first-order valence-corrected chi connectivity index (χ1v) is 15.9. The van der Waals surface area contributed by atoms with Gasteiger partial charge in [-0.3, -0.25) is 4.79 Å². The van der Waals surface area contributed by atoms with Crippen LogP contribution in [0, 0.1) is 23.7 Å². The maximum Gasteiger partial charge on any atom is 0.254 e. The minimum Gasteiger partial charge on any atom is -0.617 e. The van der Waals surface area contributed by atoms with E-state index >= 15 is 0 Å². The summed E-state index contributed by atoms with van der Waals surface area (Å²) in [4.78, 5) is 25.8. The highest BCUT2D eigenvalue weighted by Crippen LogP contribution is 2.60. The van der Waals surface area contributed by atoms with E-state index < -0.39 is 11.2 Å². The van der Waals surface area contributed by atoms with Crippen molar-refractivity contribution in [3.63, 3.8) is 0 Å². The molecule has 3 aromatic heterocycles. The predicted molar refractivity (Wildman–Crippen MR) is 151 cm³/mol. The van der Waals surface area contributed by atoms with Crippen LogP contribution in [-0.2, 0) is 24.3 Å². The van der Waals surface area contributed by atoms with Crippen LogP contribution in [0.5, 0.6) is 5.75 Å². The zero-order valence-corrected chi connectivity index (χ0v) is 23.2. The molecule has 1 saturated heterocycles. The second-order valence-electron chi connectivity index (χ2n) is 12.0. The zero-order valence-electron chi connectivity index (χ0n) is 22.4. The zero-order chi connectivity index (χ0) is 26.4. The quantitative estimate of drug-likeness (QED) is 0.309. The normalized spacial score (nSPS) is 26.0. The molecule has 2 unspecified atom stereocenters. The number of methoxy groups -OCH3 is 1. The van der Waals surface area contributed by atoms with E-state index in [1.54, 1.807) is 13.4 Å². The number of nitrogens with zero attached hydrogens (tertiary/aromatic N) is 5. The highest BCUT2D eigenvalue weighted by molar-refractivity contribution is 7.90. The number of carbonyl (C=O) groups is 1. The third-order valence-electron chi connectivity index (χ3n) is 9.67. The van der Waals surface area contributed by atoms with Crippen LogP contribution in [0.2, 0.25) is 0 Å². The van der Waals surface area contributed by atoms with E-state index in [2.05, 4.69) is 26.2 Å². The van der Waals surface area contributed by atoms with Crippen LogP contribution in [0.1, 0.15) is 36.0 Å². The molecule has 8 rings (SSSR count). The number of rotatable bonds is 8. The lowest BCUT2D eigenvalue weighted by Gasteiger charge is -2.52. The van der Waals surface area contributed by atoms with E-state index in [1.807, 2.05) is 24.4 Å². The molecule has 0 bridgehead atoms. The third-order valence-corrected chi connectivity index (χ3v) is 10.4. The summed E-state index contributed by atoms with van der Waals surface area (Å²) in [7, 11) is 1.65. The molecule has 1 aliphatic heterocycles. The molecule has 4 aliphatic rings. The fourth-order valence-corrected chi connectivity index (χ4v) is 7.96. The average molecular weight is 544 g/mol. The van der Waals surface area contributed by atoms with Crippen molar-refractivity contribution in [1.82, 2.24) is 24.0 Å². The molecule has 1 aromatic carbocycles. The first-order valence-electron chi connectivity index (χ1n) is 14.1. The summed E-state index contributed by atoms with van der Waals surface area (Å²) in [6, 6.07) is 10.4. The maximum atomic E-state index is 13.8. The maximum absolute atomic E-state index is 13.8. The van der Waals surface area contributed by atoms with Gasteiger partial charge in [0, 0.05) is 36.3 Å². The van der Waals surface area contributed by atoms with Gasteiger partial charge in [-0.2, -0.15) is 0 Å². The summed E-state index contributed by atoms with van der Waals surface area (Å²) < 4.78 is 22.5. The molecule has 0 radical (unpaired) electrons. The monoisotopic (exact) mass is 543 g/mol. The summed E-state index contributed by atoms with van der Waals surface area (Å²) in [5, 5.41) is 1.08. The minimum absolute atomic E-state index is 0.0888. The molecule has 8 nitrogen and oxygen atoms in total. The molecule has 1 amide bonds. The number of carbonyl (C=O) groups excluding carboxylic acids is 1. The van der Waals surface area contributed by atoms with Gasteiger partial charge < -0.3 is 23.3 Å². The van der Waals surface area contributed by atoms with Gasteiger partial charge in [0.15, 0.2) is 5.82 Å². The summed E-state index contributed by atoms with van der Waals surface area (Å²) in [5.41, 5.74) is 4.18. The van der Waals surface area contributed by atoms with Gasteiger partial charge in [0.05, 0.1) is 31.1 Å². The Kier molecular flexibility index (Phi) is 5.33. The number of likely N-dealkylation sites (tertiary alicyclic amines) is 1. The van der Waals surface area contributed by atoms with Crippen LogP contribution in [0.25, 0.3) is 33.6 Å². The average Bonchev–Trinajstić information content (AvgIpc) is 3.56. The number of fused-ring (bicyclic) bond motifs is 2. The van der Waals surface area contributed by atoms with E-state index in [-0.39, 0.29) is 5.91 Å². The van der Waals surface area contributed by atoms with Crippen LogP contribution in [0.4, 0.5) is 0 Å². The Morgan fingerprint density at radius 1 is 1.18 bits per heavy atom. The van der Waals surface area contributed by atoms with Crippen molar-refractivity contribution in [2.45, 2.75) is 44.8 Å². The second kappa shape index (κ2) is 8.73. The summed E-state index contributed by atoms with van der Waals surface area (Å²) in [6.07, 6.45) is 8.47. The highest BCUT2D eigenvalue weighted by Gasteiger charge is 2.61. The number of amides is 1. The van der Waals surface area contributed by atoms with Crippen LogP contribution in [-0.4, -0.2) is 66.2 Å². The van der Waals surface area contributed by atoms with Gasteiger partial charge in [0.2, 0.25) is 0 Å². The molecule has 4 aromatic rings. The number of pyridine rings is 1. The third kappa shape index (κ3) is 3.65. The number of ether oxygens (including phenoxy) is 1. The van der Waals surface area contributed by atoms with Crippen molar-refractivity contribution in [1.29, 1.82) is 0 Å². The summed E-state index contributed by atoms with van der Waals surface area (Å²) >= 11 is -0.969. The molecule has 0 spiro atoms. The van der Waals surface area contributed by atoms with Crippen molar-refractivity contribution >= 4 is 39.1 Å². The van der Waals surface area contributed by atoms with Crippen LogP contribution >= 0.6 is 0 Å². The van der Waals surface area contributed by atoms with E-state index in [0.29, 0.717) is 41.5 Å². The van der Waals surface area contributed by atoms with Gasteiger partial charge in [0.25, 0.3) is 5.91 Å². The molecular weight excluding hydrogens is 510 g/mol. The van der Waals surface area contributed by atoms with Gasteiger partial charge in [-0.25, -0.2) is 9.97 Å². The molecule has 39 heavy (non-hydrogen) atoms. The number of benzene rings is 1. The number of aryl methyl sites for hydroxylation is 1. The lowest BCUT2D eigenvalue weighted by Crippen LogP contribution is -2.53. The van der Waals surface area contributed by atoms with Gasteiger partial charge in [-0.1, -0.05) is 11.2 Å². The molecule has 3 aliphatic carbocycles. The Labute approximate surface area is 230 Å². The largest absolute Gasteiger partial charge is 0.617 e. The van der Waals surface area contributed by atoms with Crippen molar-refractivity contribution in [2.75, 3.05) is 25.7 Å². The Morgan fingerprint density at radius 2 is 2.05 bits per heavy atom. The SMILES string of the molecule is COc1cc(C(=O)N2C[C@H]3CC4C[C@@H]2[C@H]43)cc2nc(-c3cc4cccnc4n3CC3CC3)n(CC[S+](C)[O-])c12. The predicted octanol–water partition coefficient (Wildman–Crippen LogP) is 4.33. The van der Waals surface area contributed by atoms with Crippen LogP contribution in [0.3, 0.4) is 0 Å². The molecular formula is C30H33N5O3S. The smallest absolute Gasteiger partial charge is 0.254 e. The molecule has 202 valence electrons. The Morgan fingerprint density at radius 3 is 2.79 bits per heavy atom. The fourth-order valence-electron chi connectivity index (χ4n) is 7.52. The fraction of sp³-hybridized carbons (Fsp3) is 0.500. The molecule has 3 saturated carbocycles. The van der Waals surface area contributed by atoms with Gasteiger partial charge in [-0.05, 0) is 79.7 Å². The van der Waals surface area contributed by atoms with Crippen molar-refractivity contribution in [3.8, 4) is 17.3 Å².